The summed E-state index contributed by atoms with van der Waals surface area (Å²) in [6.45, 7) is 0. The molecule has 10 heteroatoms. The van der Waals surface area contributed by atoms with Gasteiger partial charge in [-0.3, -0.25) is 9.11 Å². The largest absolute Gasteiger partial charge is 0.507 e. The van der Waals surface area contributed by atoms with E-state index in [-0.39, 0.29) is 22.0 Å². The van der Waals surface area contributed by atoms with Gasteiger partial charge in [-0.25, -0.2) is 0 Å². The molecule has 0 aliphatic heterocycles. The second-order valence-corrected chi connectivity index (χ2v) is 7.25. The zero-order chi connectivity index (χ0) is 16.0. The van der Waals surface area contributed by atoms with Crippen molar-refractivity contribution in [2.24, 2.45) is 0 Å². The van der Waals surface area contributed by atoms with Crippen LogP contribution < -0.4 is 5.73 Å². The van der Waals surface area contributed by atoms with Crippen LogP contribution in [0.3, 0.4) is 0 Å². The fourth-order valence-corrected chi connectivity index (χ4v) is 3.14. The van der Waals surface area contributed by atoms with Gasteiger partial charge in [-0.1, -0.05) is 12.1 Å². The van der Waals surface area contributed by atoms with Gasteiger partial charge < -0.3 is 10.8 Å². The van der Waals surface area contributed by atoms with Crippen molar-refractivity contribution in [3.05, 3.63) is 29.8 Å². The molecule has 0 spiro atoms. The number of phenols is 1. The van der Waals surface area contributed by atoms with Gasteiger partial charge in [0, 0.05) is 17.1 Å². The van der Waals surface area contributed by atoms with E-state index in [0.29, 0.717) is 0 Å². The Balaban J connectivity index is 2.76. The van der Waals surface area contributed by atoms with E-state index in [4.69, 9.17) is 14.8 Å². The third-order valence-electron chi connectivity index (χ3n) is 2.84. The van der Waals surface area contributed by atoms with E-state index in [1.54, 1.807) is 0 Å². The number of hydrogen-bond acceptors (Lipinski definition) is 6. The average Bonchev–Trinajstić information content (AvgIpc) is 2.29. The summed E-state index contributed by atoms with van der Waals surface area (Å²) in [7, 11) is -8.82. The number of nitrogen functional groups attached to an aromatic ring is 1. The van der Waals surface area contributed by atoms with Crippen molar-refractivity contribution in [2.75, 3.05) is 5.73 Å². The first kappa shape index (κ1) is 15.5. The maximum Gasteiger partial charge on any atom is 0.294 e. The summed E-state index contributed by atoms with van der Waals surface area (Å²) in [5.41, 5.74) is 5.69. The second kappa shape index (κ2) is 4.84. The molecule has 5 N–H and O–H groups in total. The summed E-state index contributed by atoms with van der Waals surface area (Å²) in [4.78, 5) is -0.519. The first-order chi connectivity index (χ1) is 9.49. The molecule has 0 bridgehead atoms. The molecule has 0 amide bonds. The van der Waals surface area contributed by atoms with Gasteiger partial charge in [-0.2, -0.15) is 16.8 Å². The molecule has 8 nitrogen and oxygen atoms in total. The molecule has 0 saturated heterocycles. The van der Waals surface area contributed by atoms with Crippen LogP contribution in [0.2, 0.25) is 0 Å². The van der Waals surface area contributed by atoms with E-state index >= 15 is 0 Å². The predicted octanol–water partition coefficient (Wildman–Crippen LogP) is 0.762. The molecule has 0 unspecified atom stereocenters. The van der Waals surface area contributed by atoms with E-state index in [1.165, 1.54) is 12.1 Å². The van der Waals surface area contributed by atoms with E-state index in [1.807, 2.05) is 0 Å². The summed E-state index contributed by atoms with van der Waals surface area (Å²) in [6.07, 6.45) is 0. The van der Waals surface area contributed by atoms with Crippen LogP contribution in [0.1, 0.15) is 5.56 Å². The van der Waals surface area contributed by atoms with Gasteiger partial charge in [0.2, 0.25) is 0 Å². The van der Waals surface area contributed by atoms with Gasteiger partial charge in [0.05, 0.1) is 4.90 Å². The molecule has 21 heavy (non-hydrogen) atoms. The van der Waals surface area contributed by atoms with Crippen molar-refractivity contribution in [1.29, 1.82) is 0 Å². The lowest BCUT2D eigenvalue weighted by molar-refractivity contribution is 0.471. The zero-order valence-corrected chi connectivity index (χ0v) is 12.0. The van der Waals surface area contributed by atoms with Crippen LogP contribution in [0, 0.1) is 0 Å². The maximum absolute atomic E-state index is 11.1. The molecule has 2 aromatic carbocycles. The van der Waals surface area contributed by atoms with Crippen molar-refractivity contribution in [3.8, 4) is 5.75 Å². The molecule has 0 heterocycles. The Bertz CT molecular complexity index is 933. The normalized spacial score (nSPS) is 12.7. The van der Waals surface area contributed by atoms with Gasteiger partial charge in [0.15, 0.2) is 0 Å². The van der Waals surface area contributed by atoms with Crippen molar-refractivity contribution in [1.82, 2.24) is 0 Å². The highest BCUT2D eigenvalue weighted by atomic mass is 32.2. The number of aromatic hydroxyl groups is 1. The topological polar surface area (TPSA) is 155 Å². The summed E-state index contributed by atoms with van der Waals surface area (Å²) >= 11 is 0. The van der Waals surface area contributed by atoms with Crippen molar-refractivity contribution in [2.45, 2.75) is 10.6 Å². The number of rotatable bonds is 3. The summed E-state index contributed by atoms with van der Waals surface area (Å²) in [5, 5.41) is 10.1. The third kappa shape index (κ3) is 3.24. The van der Waals surface area contributed by atoms with Crippen LogP contribution >= 0.6 is 0 Å². The smallest absolute Gasteiger partial charge is 0.294 e. The van der Waals surface area contributed by atoms with E-state index in [9.17, 15) is 21.9 Å². The van der Waals surface area contributed by atoms with Crippen LogP contribution in [-0.2, 0) is 26.0 Å². The molecular weight excluding hydrogens is 322 g/mol. The van der Waals surface area contributed by atoms with Crippen LogP contribution in [0.25, 0.3) is 10.8 Å². The lowest BCUT2D eigenvalue weighted by Crippen LogP contribution is -2.05. The van der Waals surface area contributed by atoms with Gasteiger partial charge in [-0.05, 0) is 17.0 Å². The molecule has 114 valence electrons. The highest BCUT2D eigenvalue weighted by Crippen LogP contribution is 2.35. The second-order valence-electron chi connectivity index (χ2n) is 4.38. The van der Waals surface area contributed by atoms with E-state index < -0.39 is 36.6 Å². The average molecular weight is 333 g/mol. The monoisotopic (exact) mass is 333 g/mol. The maximum atomic E-state index is 11.1. The van der Waals surface area contributed by atoms with Crippen molar-refractivity contribution in [3.63, 3.8) is 0 Å². The molecule has 0 aromatic heterocycles. The molecular formula is C11H11NO7S2. The Morgan fingerprint density at radius 3 is 2.19 bits per heavy atom. The van der Waals surface area contributed by atoms with E-state index in [0.717, 1.165) is 12.1 Å². The first-order valence-electron chi connectivity index (χ1n) is 5.46. The Labute approximate surface area is 120 Å². The third-order valence-corrected chi connectivity index (χ3v) is 4.34. The van der Waals surface area contributed by atoms with E-state index in [2.05, 4.69) is 0 Å². The Morgan fingerprint density at radius 1 is 1.05 bits per heavy atom. The number of phenolic OH excluding ortho intramolecular Hbond substituents is 1. The Hall–Kier alpha value is -1.88. The fourth-order valence-electron chi connectivity index (χ4n) is 1.96. The number of hydrogen-bond donors (Lipinski definition) is 4. The fraction of sp³-hybridized carbons (Fsp3) is 0.0909. The zero-order valence-electron chi connectivity index (χ0n) is 10.4. The molecule has 0 aliphatic carbocycles. The summed E-state index contributed by atoms with van der Waals surface area (Å²) in [6, 6.07) is 4.47. The van der Waals surface area contributed by atoms with Crippen molar-refractivity contribution >= 4 is 36.7 Å². The number of fused-ring (bicyclic) bond motifs is 1. The molecule has 2 aromatic rings. The van der Waals surface area contributed by atoms with Crippen LogP contribution in [0.4, 0.5) is 5.69 Å². The Morgan fingerprint density at radius 2 is 1.67 bits per heavy atom. The molecule has 0 aliphatic rings. The van der Waals surface area contributed by atoms with Crippen LogP contribution in [0.15, 0.2) is 29.2 Å². The molecule has 0 radical (unpaired) electrons. The van der Waals surface area contributed by atoms with Crippen LogP contribution in [-0.4, -0.2) is 31.0 Å². The van der Waals surface area contributed by atoms with Gasteiger partial charge >= 0.3 is 0 Å². The molecule has 2 rings (SSSR count). The van der Waals surface area contributed by atoms with Gasteiger partial charge in [0.25, 0.3) is 20.2 Å². The quantitative estimate of drug-likeness (QED) is 0.474. The predicted molar refractivity (Wildman–Crippen MR) is 75.1 cm³/mol. The summed E-state index contributed by atoms with van der Waals surface area (Å²) < 4.78 is 61.7. The highest BCUT2D eigenvalue weighted by molar-refractivity contribution is 7.86. The number of anilines is 1. The van der Waals surface area contributed by atoms with Crippen molar-refractivity contribution < 1.29 is 31.0 Å². The minimum absolute atomic E-state index is 0.0311. The number of benzene rings is 2. The first-order valence-corrected chi connectivity index (χ1v) is 8.51. The van der Waals surface area contributed by atoms with Gasteiger partial charge in [0.1, 0.15) is 11.5 Å². The lowest BCUT2D eigenvalue weighted by atomic mass is 10.0. The standard InChI is InChI=1S/C11H11NO7S2/c12-11-7(5-20(14,15)16)2-1-6-3-8(21(17,18)19)4-9(13)10(6)11/h1-4,13H,5,12H2,(H,14,15,16)(H,17,18,19). The number of nitrogens with two attached hydrogens (primary N) is 1. The highest BCUT2D eigenvalue weighted by Gasteiger charge is 2.17. The summed E-state index contributed by atoms with van der Waals surface area (Å²) in [5.74, 6) is -1.27. The Kier molecular flexibility index (Phi) is 3.58. The molecule has 0 fully saturated rings. The van der Waals surface area contributed by atoms with Crippen LogP contribution in [0.5, 0.6) is 5.75 Å². The minimum atomic E-state index is -4.51. The SMILES string of the molecule is Nc1c(CS(=O)(=O)O)ccc2cc(S(=O)(=O)O)cc(O)c12. The molecule has 0 atom stereocenters. The van der Waals surface area contributed by atoms with Gasteiger partial charge in [-0.15, -0.1) is 0 Å². The minimum Gasteiger partial charge on any atom is -0.507 e. The lowest BCUT2D eigenvalue weighted by Gasteiger charge is -2.10. The molecule has 0 saturated carbocycles.